The minimum absolute atomic E-state index is 0.143. The van der Waals surface area contributed by atoms with Crippen LogP contribution in [0.25, 0.3) is 0 Å². The van der Waals surface area contributed by atoms with E-state index in [0.29, 0.717) is 0 Å². The molecule has 0 heterocycles. The topological polar surface area (TPSA) is 21.3 Å². The first-order valence-corrected chi connectivity index (χ1v) is 7.30. The minimum atomic E-state index is 0.143. The summed E-state index contributed by atoms with van der Waals surface area (Å²) in [5.41, 5.74) is 4.42. The Labute approximate surface area is 109 Å². The Morgan fingerprint density at radius 3 is 2.00 bits per heavy atom. The standard InChI is InChI=1S/C16H21NO/c1-2-4-15(5-3-1)17-18-16-9-12-6-13(10-16)8-14(7-12)11-16/h1-5,12-14,17H,6-11H2. The van der Waals surface area contributed by atoms with E-state index in [2.05, 4.69) is 17.6 Å². The lowest BCUT2D eigenvalue weighted by Crippen LogP contribution is -2.52. The molecule has 0 aliphatic heterocycles. The molecule has 4 aliphatic carbocycles. The number of para-hydroxylation sites is 1. The van der Waals surface area contributed by atoms with Crippen LogP contribution in [0.15, 0.2) is 30.3 Å². The van der Waals surface area contributed by atoms with Crippen molar-refractivity contribution in [2.24, 2.45) is 17.8 Å². The Kier molecular flexibility index (Phi) is 2.41. The van der Waals surface area contributed by atoms with Crippen molar-refractivity contribution in [3.05, 3.63) is 30.3 Å². The van der Waals surface area contributed by atoms with Gasteiger partial charge in [0.1, 0.15) is 0 Å². The Morgan fingerprint density at radius 1 is 0.889 bits per heavy atom. The largest absolute Gasteiger partial charge is 0.270 e. The van der Waals surface area contributed by atoms with Crippen LogP contribution in [0.4, 0.5) is 5.69 Å². The zero-order chi connectivity index (χ0) is 12.0. The molecule has 1 aromatic carbocycles. The number of rotatable bonds is 3. The van der Waals surface area contributed by atoms with E-state index in [1.54, 1.807) is 0 Å². The summed E-state index contributed by atoms with van der Waals surface area (Å²) < 4.78 is 0. The van der Waals surface area contributed by atoms with Gasteiger partial charge in [0.25, 0.3) is 0 Å². The Bertz CT molecular complexity index is 393. The normalized spacial score (nSPS) is 41.0. The van der Waals surface area contributed by atoms with Crippen LogP contribution in [0.1, 0.15) is 38.5 Å². The van der Waals surface area contributed by atoms with Crippen molar-refractivity contribution in [2.45, 2.75) is 44.1 Å². The predicted octanol–water partition coefficient (Wildman–Crippen LogP) is 4.00. The van der Waals surface area contributed by atoms with E-state index in [1.807, 2.05) is 18.2 Å². The molecule has 5 rings (SSSR count). The summed E-state index contributed by atoms with van der Waals surface area (Å²) >= 11 is 0. The average Bonchev–Trinajstić information content (AvgIpc) is 2.36. The van der Waals surface area contributed by atoms with Crippen molar-refractivity contribution in [3.8, 4) is 0 Å². The smallest absolute Gasteiger partial charge is 0.0968 e. The molecule has 0 unspecified atom stereocenters. The molecule has 4 fully saturated rings. The Morgan fingerprint density at radius 2 is 1.44 bits per heavy atom. The lowest BCUT2D eigenvalue weighted by atomic mass is 9.54. The van der Waals surface area contributed by atoms with E-state index in [9.17, 15) is 0 Å². The monoisotopic (exact) mass is 243 g/mol. The van der Waals surface area contributed by atoms with E-state index in [4.69, 9.17) is 4.84 Å². The fraction of sp³-hybridized carbons (Fsp3) is 0.625. The summed E-state index contributed by atoms with van der Waals surface area (Å²) in [6.45, 7) is 0. The first kappa shape index (κ1) is 10.9. The summed E-state index contributed by atoms with van der Waals surface area (Å²) in [6, 6.07) is 10.3. The van der Waals surface area contributed by atoms with E-state index in [-0.39, 0.29) is 5.60 Å². The van der Waals surface area contributed by atoms with Crippen LogP contribution in [0.5, 0.6) is 0 Å². The van der Waals surface area contributed by atoms with E-state index in [0.717, 1.165) is 23.4 Å². The third kappa shape index (κ3) is 1.83. The van der Waals surface area contributed by atoms with Crippen LogP contribution in [-0.4, -0.2) is 5.60 Å². The first-order valence-electron chi connectivity index (χ1n) is 7.30. The molecule has 0 atom stereocenters. The zero-order valence-corrected chi connectivity index (χ0v) is 10.8. The average molecular weight is 243 g/mol. The van der Waals surface area contributed by atoms with Crippen LogP contribution in [-0.2, 0) is 4.84 Å². The fourth-order valence-electron chi connectivity index (χ4n) is 4.83. The SMILES string of the molecule is c1ccc(NOC23CC4CC(CC(C4)C2)C3)cc1. The lowest BCUT2D eigenvalue weighted by molar-refractivity contribution is -0.145. The zero-order valence-electron chi connectivity index (χ0n) is 10.8. The van der Waals surface area contributed by atoms with Gasteiger partial charge in [0, 0.05) is 0 Å². The summed E-state index contributed by atoms with van der Waals surface area (Å²) in [6.07, 6.45) is 8.23. The number of nitrogens with one attached hydrogen (secondary N) is 1. The van der Waals surface area contributed by atoms with Gasteiger partial charge in [-0.1, -0.05) is 18.2 Å². The second kappa shape index (κ2) is 3.99. The van der Waals surface area contributed by atoms with Gasteiger partial charge in [-0.3, -0.25) is 10.3 Å². The molecule has 0 aromatic heterocycles. The van der Waals surface area contributed by atoms with Gasteiger partial charge in [-0.25, -0.2) is 0 Å². The summed E-state index contributed by atoms with van der Waals surface area (Å²) in [7, 11) is 0. The van der Waals surface area contributed by atoms with Crippen molar-refractivity contribution in [2.75, 3.05) is 5.48 Å². The van der Waals surface area contributed by atoms with Gasteiger partial charge in [0.05, 0.1) is 11.3 Å². The fourth-order valence-corrected chi connectivity index (χ4v) is 4.83. The van der Waals surface area contributed by atoms with Crippen molar-refractivity contribution in [1.82, 2.24) is 0 Å². The molecule has 1 N–H and O–H groups in total. The third-order valence-corrected chi connectivity index (χ3v) is 5.14. The molecule has 0 spiro atoms. The molecule has 0 amide bonds. The predicted molar refractivity (Wildman–Crippen MR) is 72.1 cm³/mol. The number of hydrogen-bond acceptors (Lipinski definition) is 2. The second-order valence-corrected chi connectivity index (χ2v) is 6.67. The van der Waals surface area contributed by atoms with Gasteiger partial charge in [0.15, 0.2) is 0 Å². The Balaban J connectivity index is 1.48. The molecule has 1 aromatic rings. The first-order chi connectivity index (χ1) is 8.81. The summed E-state index contributed by atoms with van der Waals surface area (Å²) in [5, 5.41) is 0. The maximum Gasteiger partial charge on any atom is 0.0968 e. The molecule has 4 saturated carbocycles. The summed E-state index contributed by atoms with van der Waals surface area (Å²) in [4.78, 5) is 6.18. The van der Waals surface area contributed by atoms with Gasteiger partial charge < -0.3 is 0 Å². The highest BCUT2D eigenvalue weighted by molar-refractivity contribution is 5.40. The van der Waals surface area contributed by atoms with Crippen molar-refractivity contribution in [3.63, 3.8) is 0 Å². The molecular weight excluding hydrogens is 222 g/mol. The highest BCUT2D eigenvalue weighted by Crippen LogP contribution is 2.57. The van der Waals surface area contributed by atoms with Gasteiger partial charge in [-0.2, -0.15) is 0 Å². The molecule has 18 heavy (non-hydrogen) atoms. The van der Waals surface area contributed by atoms with Gasteiger partial charge in [0.2, 0.25) is 0 Å². The number of anilines is 1. The molecule has 0 saturated heterocycles. The van der Waals surface area contributed by atoms with Crippen molar-refractivity contribution >= 4 is 5.69 Å². The van der Waals surface area contributed by atoms with Crippen LogP contribution in [0, 0.1) is 17.8 Å². The van der Waals surface area contributed by atoms with Crippen molar-refractivity contribution < 1.29 is 4.84 Å². The number of benzene rings is 1. The molecule has 4 bridgehead atoms. The van der Waals surface area contributed by atoms with Crippen LogP contribution >= 0.6 is 0 Å². The van der Waals surface area contributed by atoms with Crippen LogP contribution < -0.4 is 5.48 Å². The lowest BCUT2D eigenvalue weighted by Gasteiger charge is -2.55. The Hall–Kier alpha value is -1.02. The van der Waals surface area contributed by atoms with Gasteiger partial charge in [-0.15, -0.1) is 0 Å². The molecule has 4 aliphatic rings. The van der Waals surface area contributed by atoms with E-state index in [1.165, 1.54) is 38.5 Å². The maximum absolute atomic E-state index is 6.18. The molecule has 96 valence electrons. The highest BCUT2D eigenvalue weighted by atomic mass is 16.7. The molecular formula is C16H21NO. The van der Waals surface area contributed by atoms with E-state index >= 15 is 0 Å². The van der Waals surface area contributed by atoms with Gasteiger partial charge >= 0.3 is 0 Å². The summed E-state index contributed by atoms with van der Waals surface area (Å²) in [5.74, 6) is 2.82. The minimum Gasteiger partial charge on any atom is -0.270 e. The van der Waals surface area contributed by atoms with Gasteiger partial charge in [-0.05, 0) is 68.4 Å². The maximum atomic E-state index is 6.18. The second-order valence-electron chi connectivity index (χ2n) is 6.67. The van der Waals surface area contributed by atoms with E-state index < -0.39 is 0 Å². The number of hydrogen-bond donors (Lipinski definition) is 1. The van der Waals surface area contributed by atoms with Crippen LogP contribution in [0.3, 0.4) is 0 Å². The molecule has 0 radical (unpaired) electrons. The highest BCUT2D eigenvalue weighted by Gasteiger charge is 2.52. The third-order valence-electron chi connectivity index (χ3n) is 5.14. The molecule has 2 nitrogen and oxygen atoms in total. The van der Waals surface area contributed by atoms with Crippen LogP contribution in [0.2, 0.25) is 0 Å². The van der Waals surface area contributed by atoms with Crippen molar-refractivity contribution in [1.29, 1.82) is 0 Å². The quantitative estimate of drug-likeness (QED) is 0.810. The molecule has 2 heteroatoms.